The van der Waals surface area contributed by atoms with E-state index in [0.29, 0.717) is 5.69 Å². The van der Waals surface area contributed by atoms with Gasteiger partial charge in [-0.1, -0.05) is 23.5 Å². The lowest BCUT2D eigenvalue weighted by Crippen LogP contribution is -2.38. The maximum absolute atomic E-state index is 13.2. The third-order valence-electron chi connectivity index (χ3n) is 4.76. The number of hydrogen-bond donors (Lipinski definition) is 1. The minimum atomic E-state index is -0.344. The lowest BCUT2D eigenvalue weighted by atomic mass is 9.96. The van der Waals surface area contributed by atoms with Crippen LogP contribution in [0.3, 0.4) is 0 Å². The second kappa shape index (κ2) is 7.03. The fourth-order valence-electron chi connectivity index (χ4n) is 3.30. The number of hydrogen-bond acceptors (Lipinski definition) is 4. The minimum Gasteiger partial charge on any atom is -0.348 e. The van der Waals surface area contributed by atoms with E-state index in [1.807, 2.05) is 0 Å². The Bertz CT molecular complexity index is 947. The number of aryl methyl sites for hydroxylation is 1. The van der Waals surface area contributed by atoms with E-state index in [0.717, 1.165) is 36.6 Å². The molecule has 4 nitrogen and oxygen atoms in total. The molecule has 0 bridgehead atoms. The summed E-state index contributed by atoms with van der Waals surface area (Å²) in [7, 11) is 0. The van der Waals surface area contributed by atoms with Gasteiger partial charge in [0.05, 0.1) is 10.2 Å². The molecule has 1 N–H and O–H groups in total. The average Bonchev–Trinajstić information content (AvgIpc) is 3.05. The Kier molecular flexibility index (Phi) is 4.59. The zero-order chi connectivity index (χ0) is 18.1. The number of thiazole rings is 1. The van der Waals surface area contributed by atoms with Crippen LogP contribution < -0.4 is 10.2 Å². The van der Waals surface area contributed by atoms with E-state index in [1.54, 1.807) is 23.5 Å². The summed E-state index contributed by atoms with van der Waals surface area (Å²) in [5, 5.41) is 3.85. The van der Waals surface area contributed by atoms with Crippen molar-refractivity contribution < 1.29 is 9.18 Å². The number of piperidine rings is 1. The topological polar surface area (TPSA) is 45.2 Å². The smallest absolute Gasteiger partial charge is 0.227 e. The molecular formula is C20H20FN3OS. The van der Waals surface area contributed by atoms with Gasteiger partial charge in [0.25, 0.3) is 0 Å². The van der Waals surface area contributed by atoms with Crippen molar-refractivity contribution in [2.75, 3.05) is 23.3 Å². The van der Waals surface area contributed by atoms with Gasteiger partial charge in [-0.3, -0.25) is 4.79 Å². The van der Waals surface area contributed by atoms with Crippen LogP contribution in [0, 0.1) is 18.7 Å². The first-order chi connectivity index (χ1) is 12.6. The summed E-state index contributed by atoms with van der Waals surface area (Å²) in [6.07, 6.45) is 1.55. The molecule has 0 aliphatic carbocycles. The van der Waals surface area contributed by atoms with E-state index in [9.17, 15) is 9.18 Å². The Morgan fingerprint density at radius 2 is 2.04 bits per heavy atom. The summed E-state index contributed by atoms with van der Waals surface area (Å²) in [6, 6.07) is 12.3. The predicted octanol–water partition coefficient (Wildman–Crippen LogP) is 4.60. The van der Waals surface area contributed by atoms with Gasteiger partial charge in [-0.15, -0.1) is 0 Å². The molecule has 134 valence electrons. The molecule has 4 rings (SSSR count). The zero-order valence-electron chi connectivity index (χ0n) is 14.5. The SMILES string of the molecule is Cc1ccc2nc(N3CCC(C(=O)Nc4cccc(F)c4)CC3)sc2c1. The molecule has 0 unspecified atom stereocenters. The number of nitrogens with zero attached hydrogens (tertiary/aromatic N) is 2. The third-order valence-corrected chi connectivity index (χ3v) is 5.84. The van der Waals surface area contributed by atoms with E-state index in [4.69, 9.17) is 4.98 Å². The van der Waals surface area contributed by atoms with E-state index in [-0.39, 0.29) is 17.6 Å². The standard InChI is InChI=1S/C20H20FN3OS/c1-13-5-6-17-18(11-13)26-20(23-17)24-9-7-14(8-10-24)19(25)22-16-4-2-3-15(21)12-16/h2-6,11-12,14H,7-10H2,1H3,(H,22,25). The van der Waals surface area contributed by atoms with Crippen LogP contribution >= 0.6 is 11.3 Å². The van der Waals surface area contributed by atoms with E-state index >= 15 is 0 Å². The van der Waals surface area contributed by atoms with Crippen molar-refractivity contribution in [1.29, 1.82) is 0 Å². The van der Waals surface area contributed by atoms with Crippen LogP contribution in [0.2, 0.25) is 0 Å². The first-order valence-electron chi connectivity index (χ1n) is 8.77. The van der Waals surface area contributed by atoms with Crippen LogP contribution in [0.5, 0.6) is 0 Å². The zero-order valence-corrected chi connectivity index (χ0v) is 15.4. The summed E-state index contributed by atoms with van der Waals surface area (Å²) in [4.78, 5) is 19.4. The summed E-state index contributed by atoms with van der Waals surface area (Å²) >= 11 is 1.70. The number of carbonyl (C=O) groups excluding carboxylic acids is 1. The molecule has 1 aromatic heterocycles. The van der Waals surface area contributed by atoms with Crippen LogP contribution in [-0.2, 0) is 4.79 Å². The molecule has 0 radical (unpaired) electrons. The molecule has 2 aromatic carbocycles. The average molecular weight is 369 g/mol. The second-order valence-electron chi connectivity index (χ2n) is 6.73. The summed E-state index contributed by atoms with van der Waals surface area (Å²) in [6.45, 7) is 3.70. The van der Waals surface area contributed by atoms with E-state index < -0.39 is 0 Å². The normalized spacial score (nSPS) is 15.4. The molecule has 1 aliphatic rings. The van der Waals surface area contributed by atoms with Crippen molar-refractivity contribution in [3.05, 3.63) is 53.8 Å². The van der Waals surface area contributed by atoms with Gasteiger partial charge in [-0.2, -0.15) is 0 Å². The van der Waals surface area contributed by atoms with Crippen LogP contribution in [0.25, 0.3) is 10.2 Å². The number of carbonyl (C=O) groups is 1. The molecule has 0 atom stereocenters. The Morgan fingerprint density at radius 1 is 1.23 bits per heavy atom. The van der Waals surface area contributed by atoms with E-state index in [1.165, 1.54) is 22.4 Å². The monoisotopic (exact) mass is 369 g/mol. The van der Waals surface area contributed by atoms with Crippen LogP contribution in [-0.4, -0.2) is 24.0 Å². The second-order valence-corrected chi connectivity index (χ2v) is 7.74. The van der Waals surface area contributed by atoms with Crippen LogP contribution in [0.4, 0.5) is 15.2 Å². The molecule has 6 heteroatoms. The number of nitrogens with one attached hydrogen (secondary N) is 1. The van der Waals surface area contributed by atoms with E-state index in [2.05, 4.69) is 35.3 Å². The number of halogens is 1. The highest BCUT2D eigenvalue weighted by molar-refractivity contribution is 7.22. The number of amides is 1. The molecule has 0 saturated carbocycles. The first-order valence-corrected chi connectivity index (χ1v) is 9.59. The number of benzene rings is 2. The molecule has 1 aliphatic heterocycles. The summed E-state index contributed by atoms with van der Waals surface area (Å²) < 4.78 is 14.4. The van der Waals surface area contributed by atoms with Crippen LogP contribution in [0.1, 0.15) is 18.4 Å². The lowest BCUT2D eigenvalue weighted by molar-refractivity contribution is -0.120. The van der Waals surface area contributed by atoms with Gasteiger partial charge in [-0.25, -0.2) is 9.37 Å². The first kappa shape index (κ1) is 17.0. The van der Waals surface area contributed by atoms with Crippen molar-refractivity contribution >= 4 is 38.3 Å². The van der Waals surface area contributed by atoms with Crippen molar-refractivity contribution in [3.63, 3.8) is 0 Å². The van der Waals surface area contributed by atoms with Gasteiger partial charge in [0, 0.05) is 24.7 Å². The van der Waals surface area contributed by atoms with Crippen molar-refractivity contribution in [3.8, 4) is 0 Å². The van der Waals surface area contributed by atoms with Crippen molar-refractivity contribution in [1.82, 2.24) is 4.98 Å². The highest BCUT2D eigenvalue weighted by Gasteiger charge is 2.26. The van der Waals surface area contributed by atoms with Gasteiger partial charge in [0.2, 0.25) is 5.91 Å². The maximum Gasteiger partial charge on any atom is 0.227 e. The fourth-order valence-corrected chi connectivity index (χ4v) is 4.41. The van der Waals surface area contributed by atoms with Crippen molar-refractivity contribution in [2.24, 2.45) is 5.92 Å². The lowest BCUT2D eigenvalue weighted by Gasteiger charge is -2.31. The quantitative estimate of drug-likeness (QED) is 0.734. The number of anilines is 2. The molecule has 0 spiro atoms. The van der Waals surface area contributed by atoms with Gasteiger partial charge in [-0.05, 0) is 55.7 Å². The summed E-state index contributed by atoms with van der Waals surface area (Å²) in [5.74, 6) is -0.426. The fraction of sp³-hybridized carbons (Fsp3) is 0.300. The number of rotatable bonds is 3. The Labute approximate surface area is 155 Å². The highest BCUT2D eigenvalue weighted by Crippen LogP contribution is 2.32. The highest BCUT2D eigenvalue weighted by atomic mass is 32.1. The van der Waals surface area contributed by atoms with Gasteiger partial charge >= 0.3 is 0 Å². The minimum absolute atomic E-state index is 0.0322. The van der Waals surface area contributed by atoms with Crippen LogP contribution in [0.15, 0.2) is 42.5 Å². The van der Waals surface area contributed by atoms with Gasteiger partial charge in [0.1, 0.15) is 5.82 Å². The number of fused-ring (bicyclic) bond motifs is 1. The molecule has 2 heterocycles. The third kappa shape index (κ3) is 3.55. The Hall–Kier alpha value is -2.47. The molecule has 1 saturated heterocycles. The molecule has 26 heavy (non-hydrogen) atoms. The summed E-state index contributed by atoms with van der Waals surface area (Å²) in [5.41, 5.74) is 2.78. The predicted molar refractivity (Wildman–Crippen MR) is 104 cm³/mol. The van der Waals surface area contributed by atoms with Gasteiger partial charge in [0.15, 0.2) is 5.13 Å². The molecular weight excluding hydrogens is 349 g/mol. The largest absolute Gasteiger partial charge is 0.348 e. The molecule has 1 fully saturated rings. The molecule has 3 aromatic rings. The number of aromatic nitrogens is 1. The maximum atomic E-state index is 13.2. The van der Waals surface area contributed by atoms with Gasteiger partial charge < -0.3 is 10.2 Å². The Balaban J connectivity index is 1.39. The Morgan fingerprint density at radius 3 is 2.81 bits per heavy atom. The molecule has 1 amide bonds. The van der Waals surface area contributed by atoms with Crippen molar-refractivity contribution in [2.45, 2.75) is 19.8 Å².